The van der Waals surface area contributed by atoms with E-state index in [1.165, 1.54) is 16.2 Å². The fourth-order valence-electron chi connectivity index (χ4n) is 3.25. The summed E-state index contributed by atoms with van der Waals surface area (Å²) in [6.45, 7) is 0. The Morgan fingerprint density at radius 1 is 0.818 bits per heavy atom. The fourth-order valence-corrected chi connectivity index (χ4v) is 3.25. The molecule has 0 aromatic heterocycles. The van der Waals surface area contributed by atoms with Crippen LogP contribution in [0.3, 0.4) is 0 Å². The minimum absolute atomic E-state index is 0.162. The molecule has 2 nitrogen and oxygen atoms in total. The van der Waals surface area contributed by atoms with Crippen molar-refractivity contribution in [2.24, 2.45) is 0 Å². The Morgan fingerprint density at radius 3 is 2.27 bits per heavy atom. The third kappa shape index (κ3) is 2.45. The lowest BCUT2D eigenvalue weighted by Gasteiger charge is -2.23. The number of carbonyl (C=O) groups excluding carboxylic acids is 1. The lowest BCUT2D eigenvalue weighted by Crippen LogP contribution is -2.24. The van der Waals surface area contributed by atoms with Gasteiger partial charge in [0.2, 0.25) is 0 Å². The zero-order chi connectivity index (χ0) is 14.9. The summed E-state index contributed by atoms with van der Waals surface area (Å²) in [5.41, 5.74) is 0. The lowest BCUT2D eigenvalue weighted by atomic mass is 9.96. The Balaban J connectivity index is 1.73. The van der Waals surface area contributed by atoms with E-state index >= 15 is 0 Å². The van der Waals surface area contributed by atoms with E-state index in [1.807, 2.05) is 12.1 Å². The highest BCUT2D eigenvalue weighted by molar-refractivity contribution is 6.00. The van der Waals surface area contributed by atoms with Crippen LogP contribution in [0.5, 0.6) is 5.75 Å². The second-order valence-corrected chi connectivity index (χ2v) is 6.03. The minimum atomic E-state index is 0.162. The van der Waals surface area contributed by atoms with E-state index in [1.54, 1.807) is 0 Å². The monoisotopic (exact) mass is 290 g/mol. The van der Waals surface area contributed by atoms with Crippen molar-refractivity contribution in [1.29, 1.82) is 0 Å². The van der Waals surface area contributed by atoms with Gasteiger partial charge in [0.15, 0.2) is 0 Å². The standard InChI is InChI=1S/C20H18O2/c21-17-8-10-18(11-9-17)22-20-7-3-6-16-12-14-4-1-2-5-15(14)13-19(16)20/h1-7,12-13,18H,8-11H2. The van der Waals surface area contributed by atoms with Crippen LogP contribution in [0, 0.1) is 0 Å². The van der Waals surface area contributed by atoms with Crippen molar-refractivity contribution in [2.45, 2.75) is 31.8 Å². The molecule has 110 valence electrons. The molecule has 0 amide bonds. The Labute approximate surface area is 129 Å². The molecule has 0 spiro atoms. The highest BCUT2D eigenvalue weighted by Crippen LogP contribution is 2.32. The number of hydrogen-bond donors (Lipinski definition) is 0. The van der Waals surface area contributed by atoms with Gasteiger partial charge in [0, 0.05) is 18.2 Å². The van der Waals surface area contributed by atoms with Gasteiger partial charge < -0.3 is 4.74 Å². The van der Waals surface area contributed by atoms with E-state index in [2.05, 4.69) is 42.5 Å². The van der Waals surface area contributed by atoms with Crippen LogP contribution in [0.2, 0.25) is 0 Å². The molecule has 3 aromatic rings. The van der Waals surface area contributed by atoms with E-state index in [9.17, 15) is 4.79 Å². The first kappa shape index (κ1) is 13.3. The molecular weight excluding hydrogens is 272 g/mol. The second-order valence-electron chi connectivity index (χ2n) is 6.03. The summed E-state index contributed by atoms with van der Waals surface area (Å²) in [7, 11) is 0. The number of ether oxygens (including phenoxy) is 1. The number of fused-ring (bicyclic) bond motifs is 2. The number of hydrogen-bond acceptors (Lipinski definition) is 2. The van der Waals surface area contributed by atoms with Gasteiger partial charge in [0.05, 0.1) is 6.10 Å². The van der Waals surface area contributed by atoms with Crippen LogP contribution in [-0.2, 0) is 4.79 Å². The summed E-state index contributed by atoms with van der Waals surface area (Å²) in [6, 6.07) is 19.0. The van der Waals surface area contributed by atoms with Crippen LogP contribution in [0.4, 0.5) is 0 Å². The largest absolute Gasteiger partial charge is 0.490 e. The molecule has 1 aliphatic carbocycles. The lowest BCUT2D eigenvalue weighted by molar-refractivity contribution is -0.121. The number of carbonyl (C=O) groups is 1. The molecule has 0 heterocycles. The summed E-state index contributed by atoms with van der Waals surface area (Å²) < 4.78 is 6.21. The van der Waals surface area contributed by atoms with Crippen molar-refractivity contribution < 1.29 is 9.53 Å². The quantitative estimate of drug-likeness (QED) is 0.628. The first-order valence-electron chi connectivity index (χ1n) is 7.89. The molecule has 1 saturated carbocycles. The SMILES string of the molecule is O=C1CCC(Oc2cccc3cc4ccccc4cc23)CC1. The number of Topliss-reactive ketones (excluding diaryl/α,β-unsaturated/α-hetero) is 1. The molecule has 1 aliphatic rings. The van der Waals surface area contributed by atoms with Gasteiger partial charge in [-0.3, -0.25) is 4.79 Å². The molecular formula is C20H18O2. The highest BCUT2D eigenvalue weighted by Gasteiger charge is 2.20. The third-order valence-corrected chi connectivity index (χ3v) is 4.49. The van der Waals surface area contributed by atoms with Crippen molar-refractivity contribution in [3.05, 3.63) is 54.6 Å². The van der Waals surface area contributed by atoms with Crippen molar-refractivity contribution in [3.8, 4) is 5.75 Å². The summed E-state index contributed by atoms with van der Waals surface area (Å²) in [5, 5.41) is 4.82. The molecule has 0 atom stereocenters. The van der Waals surface area contributed by atoms with Gasteiger partial charge in [-0.2, -0.15) is 0 Å². The maximum Gasteiger partial charge on any atom is 0.133 e. The molecule has 0 bridgehead atoms. The molecule has 22 heavy (non-hydrogen) atoms. The number of rotatable bonds is 2. The average Bonchev–Trinajstić information content (AvgIpc) is 2.55. The normalized spacial score (nSPS) is 16.3. The first-order chi connectivity index (χ1) is 10.8. The third-order valence-electron chi connectivity index (χ3n) is 4.49. The topological polar surface area (TPSA) is 26.3 Å². The summed E-state index contributed by atoms with van der Waals surface area (Å²) >= 11 is 0. The Bertz CT molecular complexity index is 841. The second kappa shape index (κ2) is 5.45. The van der Waals surface area contributed by atoms with Gasteiger partial charge in [0.1, 0.15) is 11.5 Å². The van der Waals surface area contributed by atoms with Crippen molar-refractivity contribution in [3.63, 3.8) is 0 Å². The van der Waals surface area contributed by atoms with E-state index < -0.39 is 0 Å². The van der Waals surface area contributed by atoms with E-state index in [0.717, 1.165) is 24.0 Å². The van der Waals surface area contributed by atoms with E-state index in [4.69, 9.17) is 4.74 Å². The van der Waals surface area contributed by atoms with Gasteiger partial charge in [-0.15, -0.1) is 0 Å². The van der Waals surface area contributed by atoms with Crippen molar-refractivity contribution >= 4 is 27.3 Å². The Morgan fingerprint density at radius 2 is 1.50 bits per heavy atom. The zero-order valence-electron chi connectivity index (χ0n) is 12.4. The molecule has 4 rings (SSSR count). The van der Waals surface area contributed by atoms with Crippen LogP contribution in [-0.4, -0.2) is 11.9 Å². The van der Waals surface area contributed by atoms with E-state index in [-0.39, 0.29) is 6.10 Å². The minimum Gasteiger partial charge on any atom is -0.490 e. The first-order valence-corrected chi connectivity index (χ1v) is 7.89. The number of ketones is 1. The van der Waals surface area contributed by atoms with Crippen LogP contribution < -0.4 is 4.74 Å². The van der Waals surface area contributed by atoms with Gasteiger partial charge >= 0.3 is 0 Å². The predicted molar refractivity (Wildman–Crippen MR) is 89.3 cm³/mol. The molecule has 1 fully saturated rings. The zero-order valence-corrected chi connectivity index (χ0v) is 12.4. The van der Waals surface area contributed by atoms with Crippen LogP contribution in [0.25, 0.3) is 21.5 Å². The Hall–Kier alpha value is -2.35. The van der Waals surface area contributed by atoms with E-state index in [0.29, 0.717) is 18.6 Å². The molecule has 0 aliphatic heterocycles. The molecule has 0 radical (unpaired) electrons. The molecule has 2 heteroatoms. The predicted octanol–water partition coefficient (Wildman–Crippen LogP) is 4.88. The van der Waals surface area contributed by atoms with Crippen molar-refractivity contribution in [2.75, 3.05) is 0 Å². The molecule has 0 N–H and O–H groups in total. The van der Waals surface area contributed by atoms with Crippen LogP contribution in [0.1, 0.15) is 25.7 Å². The van der Waals surface area contributed by atoms with Gasteiger partial charge in [0.25, 0.3) is 0 Å². The van der Waals surface area contributed by atoms with Gasteiger partial charge in [-0.1, -0.05) is 36.4 Å². The average molecular weight is 290 g/mol. The summed E-state index contributed by atoms with van der Waals surface area (Å²) in [6.07, 6.45) is 3.14. The van der Waals surface area contributed by atoms with Crippen LogP contribution >= 0.6 is 0 Å². The summed E-state index contributed by atoms with van der Waals surface area (Å²) in [4.78, 5) is 11.4. The maximum absolute atomic E-state index is 11.4. The van der Waals surface area contributed by atoms with Gasteiger partial charge in [-0.25, -0.2) is 0 Å². The molecule has 0 saturated heterocycles. The maximum atomic E-state index is 11.4. The summed E-state index contributed by atoms with van der Waals surface area (Å²) in [5.74, 6) is 1.30. The number of benzene rings is 3. The Kier molecular flexibility index (Phi) is 3.30. The van der Waals surface area contributed by atoms with Crippen LogP contribution in [0.15, 0.2) is 54.6 Å². The fraction of sp³-hybridized carbons (Fsp3) is 0.250. The van der Waals surface area contributed by atoms with Gasteiger partial charge in [-0.05, 0) is 47.2 Å². The molecule has 3 aromatic carbocycles. The molecule has 0 unspecified atom stereocenters. The van der Waals surface area contributed by atoms with Crippen molar-refractivity contribution in [1.82, 2.24) is 0 Å². The smallest absolute Gasteiger partial charge is 0.133 e. The highest BCUT2D eigenvalue weighted by atomic mass is 16.5.